The number of thiophene rings is 1. The number of amides is 1. The van der Waals surface area contributed by atoms with Gasteiger partial charge in [0.15, 0.2) is 0 Å². The molecule has 0 bridgehead atoms. The number of primary sulfonamides is 1. The zero-order valence-corrected chi connectivity index (χ0v) is 14.0. The number of benzene rings is 1. The highest BCUT2D eigenvalue weighted by Gasteiger charge is 2.18. The largest absolute Gasteiger partial charge is 0.495 e. The number of nitrogens with one attached hydrogen (secondary N) is 1. The Hall–Kier alpha value is -1.90. The van der Waals surface area contributed by atoms with Gasteiger partial charge in [0, 0.05) is 5.69 Å². The molecule has 2 rings (SSSR count). The minimum Gasteiger partial charge on any atom is -0.495 e. The number of nitrogens with two attached hydrogens (primary N) is 1. The summed E-state index contributed by atoms with van der Waals surface area (Å²) in [7, 11) is -2.36. The molecule has 1 aromatic carbocycles. The SMILES string of the molecule is COc1ccsc1C(=O)Nc1cc(S(N)(=O)=O)cc(C)c1C. The predicted octanol–water partition coefficient (Wildman–Crippen LogP) is 2.27. The van der Waals surface area contributed by atoms with Crippen LogP contribution in [0, 0.1) is 13.8 Å². The van der Waals surface area contributed by atoms with Crippen molar-refractivity contribution in [2.75, 3.05) is 12.4 Å². The van der Waals surface area contributed by atoms with Crippen LogP contribution in [0.25, 0.3) is 0 Å². The second-order valence-corrected chi connectivity index (χ2v) is 7.21. The van der Waals surface area contributed by atoms with E-state index in [9.17, 15) is 13.2 Å². The standard InChI is InChI=1S/C14H16N2O4S2/c1-8-6-10(22(15,18)19)7-11(9(8)2)16-14(17)13-12(20-3)4-5-21-13/h4-7H,1-3H3,(H,16,17)(H2,15,18,19). The highest BCUT2D eigenvalue weighted by molar-refractivity contribution is 7.89. The Balaban J connectivity index is 2.41. The van der Waals surface area contributed by atoms with Crippen LogP contribution in [0.3, 0.4) is 0 Å². The number of sulfonamides is 1. The lowest BCUT2D eigenvalue weighted by Gasteiger charge is -2.12. The number of hydrogen-bond donors (Lipinski definition) is 2. The first-order valence-electron chi connectivity index (χ1n) is 6.31. The molecule has 0 saturated carbocycles. The summed E-state index contributed by atoms with van der Waals surface area (Å²) >= 11 is 1.24. The van der Waals surface area contributed by atoms with Gasteiger partial charge in [0.05, 0.1) is 12.0 Å². The van der Waals surface area contributed by atoms with Crippen LogP contribution in [0.2, 0.25) is 0 Å². The summed E-state index contributed by atoms with van der Waals surface area (Å²) in [6.07, 6.45) is 0. The molecule has 0 fully saturated rings. The summed E-state index contributed by atoms with van der Waals surface area (Å²) in [5.74, 6) is 0.111. The molecule has 118 valence electrons. The molecule has 2 aromatic rings. The monoisotopic (exact) mass is 340 g/mol. The lowest BCUT2D eigenvalue weighted by molar-refractivity contribution is 0.102. The molecular weight excluding hydrogens is 324 g/mol. The van der Waals surface area contributed by atoms with Crippen LogP contribution in [0.4, 0.5) is 5.69 Å². The Labute approximate surface area is 133 Å². The molecule has 0 aliphatic rings. The fraction of sp³-hybridized carbons (Fsp3) is 0.214. The highest BCUT2D eigenvalue weighted by Crippen LogP contribution is 2.28. The summed E-state index contributed by atoms with van der Waals surface area (Å²) in [4.78, 5) is 12.7. The molecule has 8 heteroatoms. The Bertz CT molecular complexity index is 825. The first kappa shape index (κ1) is 16.5. The maximum absolute atomic E-state index is 12.3. The van der Waals surface area contributed by atoms with Crippen LogP contribution < -0.4 is 15.2 Å². The van der Waals surface area contributed by atoms with E-state index < -0.39 is 10.0 Å². The first-order chi connectivity index (χ1) is 10.2. The highest BCUT2D eigenvalue weighted by atomic mass is 32.2. The van der Waals surface area contributed by atoms with Crippen molar-refractivity contribution in [3.05, 3.63) is 39.6 Å². The van der Waals surface area contributed by atoms with Gasteiger partial charge in [-0.15, -0.1) is 11.3 Å². The predicted molar refractivity (Wildman–Crippen MR) is 86.1 cm³/mol. The Morgan fingerprint density at radius 3 is 2.59 bits per heavy atom. The third-order valence-electron chi connectivity index (χ3n) is 3.27. The third kappa shape index (κ3) is 3.29. The first-order valence-corrected chi connectivity index (χ1v) is 8.73. The molecule has 6 nitrogen and oxygen atoms in total. The van der Waals surface area contributed by atoms with Crippen LogP contribution in [0.5, 0.6) is 5.75 Å². The van der Waals surface area contributed by atoms with Crippen LogP contribution in [-0.2, 0) is 10.0 Å². The van der Waals surface area contributed by atoms with Crippen molar-refractivity contribution in [2.45, 2.75) is 18.7 Å². The zero-order chi connectivity index (χ0) is 16.5. The third-order valence-corrected chi connectivity index (χ3v) is 5.06. The average molecular weight is 340 g/mol. The molecule has 22 heavy (non-hydrogen) atoms. The molecule has 1 amide bonds. The van der Waals surface area contributed by atoms with E-state index in [2.05, 4.69) is 5.32 Å². The fourth-order valence-corrected chi connectivity index (χ4v) is 3.30. The summed E-state index contributed by atoms with van der Waals surface area (Å²) in [5, 5.41) is 9.61. The minimum absolute atomic E-state index is 0.0379. The smallest absolute Gasteiger partial charge is 0.269 e. The summed E-state index contributed by atoms with van der Waals surface area (Å²) in [5.41, 5.74) is 1.90. The number of carbonyl (C=O) groups excluding carboxylic acids is 1. The molecular formula is C14H16N2O4S2. The van der Waals surface area contributed by atoms with Gasteiger partial charge in [-0.1, -0.05) is 0 Å². The number of methoxy groups -OCH3 is 1. The van der Waals surface area contributed by atoms with Gasteiger partial charge in [0.2, 0.25) is 10.0 Å². The van der Waals surface area contributed by atoms with Crippen molar-refractivity contribution in [3.8, 4) is 5.75 Å². The van der Waals surface area contributed by atoms with Crippen LogP contribution in [0.15, 0.2) is 28.5 Å². The van der Waals surface area contributed by atoms with Crippen molar-refractivity contribution < 1.29 is 17.9 Å². The topological polar surface area (TPSA) is 98.5 Å². The van der Waals surface area contributed by atoms with E-state index in [1.807, 2.05) is 0 Å². The van der Waals surface area contributed by atoms with E-state index in [0.29, 0.717) is 16.3 Å². The maximum atomic E-state index is 12.3. The molecule has 0 aliphatic heterocycles. The van der Waals surface area contributed by atoms with Crippen LogP contribution >= 0.6 is 11.3 Å². The second kappa shape index (κ2) is 6.07. The Morgan fingerprint density at radius 1 is 1.32 bits per heavy atom. The van der Waals surface area contributed by atoms with E-state index >= 15 is 0 Å². The quantitative estimate of drug-likeness (QED) is 0.892. The average Bonchev–Trinajstić information content (AvgIpc) is 2.90. The molecule has 0 atom stereocenters. The van der Waals surface area contributed by atoms with E-state index in [1.165, 1.54) is 30.6 Å². The number of hydrogen-bond acceptors (Lipinski definition) is 5. The zero-order valence-electron chi connectivity index (χ0n) is 12.3. The molecule has 1 heterocycles. The summed E-state index contributed by atoms with van der Waals surface area (Å²) < 4.78 is 28.1. The lowest BCUT2D eigenvalue weighted by Crippen LogP contribution is -2.16. The summed E-state index contributed by atoms with van der Waals surface area (Å²) in [6.45, 7) is 3.55. The minimum atomic E-state index is -3.84. The second-order valence-electron chi connectivity index (χ2n) is 4.73. The van der Waals surface area contributed by atoms with Crippen molar-refractivity contribution >= 4 is 33.0 Å². The number of anilines is 1. The van der Waals surface area contributed by atoms with Gasteiger partial charge in [-0.25, -0.2) is 13.6 Å². The van der Waals surface area contributed by atoms with E-state index in [1.54, 1.807) is 25.3 Å². The van der Waals surface area contributed by atoms with E-state index in [0.717, 1.165) is 11.1 Å². The number of carbonyl (C=O) groups is 1. The molecule has 3 N–H and O–H groups in total. The Morgan fingerprint density at radius 2 is 2.00 bits per heavy atom. The maximum Gasteiger partial charge on any atom is 0.269 e. The normalized spacial score (nSPS) is 11.3. The molecule has 0 unspecified atom stereocenters. The lowest BCUT2D eigenvalue weighted by atomic mass is 10.1. The van der Waals surface area contributed by atoms with Gasteiger partial charge in [-0.3, -0.25) is 4.79 Å². The van der Waals surface area contributed by atoms with Gasteiger partial charge in [-0.2, -0.15) is 0 Å². The summed E-state index contributed by atoms with van der Waals surface area (Å²) in [6, 6.07) is 4.53. The van der Waals surface area contributed by atoms with Gasteiger partial charge >= 0.3 is 0 Å². The van der Waals surface area contributed by atoms with Gasteiger partial charge in [-0.05, 0) is 48.6 Å². The number of ether oxygens (including phenoxy) is 1. The van der Waals surface area contributed by atoms with Gasteiger partial charge in [0.25, 0.3) is 5.91 Å². The van der Waals surface area contributed by atoms with Crippen LogP contribution in [-0.4, -0.2) is 21.4 Å². The van der Waals surface area contributed by atoms with Crippen molar-refractivity contribution in [3.63, 3.8) is 0 Å². The van der Waals surface area contributed by atoms with E-state index in [4.69, 9.17) is 9.88 Å². The molecule has 0 radical (unpaired) electrons. The molecule has 0 spiro atoms. The van der Waals surface area contributed by atoms with Crippen molar-refractivity contribution in [1.29, 1.82) is 0 Å². The molecule has 1 aromatic heterocycles. The van der Waals surface area contributed by atoms with E-state index in [-0.39, 0.29) is 10.8 Å². The van der Waals surface area contributed by atoms with Crippen molar-refractivity contribution in [1.82, 2.24) is 0 Å². The van der Waals surface area contributed by atoms with Crippen LogP contribution in [0.1, 0.15) is 20.8 Å². The number of aryl methyl sites for hydroxylation is 1. The molecule has 0 saturated heterocycles. The fourth-order valence-electron chi connectivity index (χ4n) is 1.92. The van der Waals surface area contributed by atoms with Gasteiger partial charge in [0.1, 0.15) is 10.6 Å². The Kier molecular flexibility index (Phi) is 4.55. The van der Waals surface area contributed by atoms with Crippen molar-refractivity contribution in [2.24, 2.45) is 5.14 Å². The molecule has 0 aliphatic carbocycles. The number of rotatable bonds is 4. The van der Waals surface area contributed by atoms with Gasteiger partial charge < -0.3 is 10.1 Å².